The summed E-state index contributed by atoms with van der Waals surface area (Å²) in [4.78, 5) is 12.4. The molecule has 0 radical (unpaired) electrons. The molecule has 2 aromatic carbocycles. The van der Waals surface area contributed by atoms with Gasteiger partial charge in [0, 0.05) is 18.2 Å². The minimum atomic E-state index is -3.57. The summed E-state index contributed by atoms with van der Waals surface area (Å²) in [5.74, 6) is 1.08. The van der Waals surface area contributed by atoms with Gasteiger partial charge in [0.1, 0.15) is 13.2 Å². The molecule has 0 saturated carbocycles. The Labute approximate surface area is 158 Å². The van der Waals surface area contributed by atoms with Crippen LogP contribution in [0.1, 0.15) is 29.8 Å². The molecule has 7 nitrogen and oxygen atoms in total. The number of carbonyl (C=O) groups is 1. The zero-order valence-corrected chi connectivity index (χ0v) is 16.0. The highest BCUT2D eigenvalue weighted by Crippen LogP contribution is 2.30. The molecule has 2 aromatic rings. The second-order valence-electron chi connectivity index (χ2n) is 6.46. The lowest BCUT2D eigenvalue weighted by Gasteiger charge is -2.19. The molecule has 1 heterocycles. The fraction of sp³-hybridized carbons (Fsp3) is 0.316. The molecule has 0 fully saturated rings. The molecule has 0 unspecified atom stereocenters. The first kappa shape index (κ1) is 19.2. The number of nitrogens with one attached hydrogen (secondary N) is 2. The van der Waals surface area contributed by atoms with E-state index in [1.54, 1.807) is 13.8 Å². The summed E-state index contributed by atoms with van der Waals surface area (Å²) in [6.45, 7) is 4.85. The second-order valence-corrected chi connectivity index (χ2v) is 8.18. The summed E-state index contributed by atoms with van der Waals surface area (Å²) < 4.78 is 37.7. The van der Waals surface area contributed by atoms with Gasteiger partial charge >= 0.3 is 0 Å². The first-order valence-electron chi connectivity index (χ1n) is 8.64. The Hall–Kier alpha value is -2.58. The summed E-state index contributed by atoms with van der Waals surface area (Å²) >= 11 is 0. The standard InChI is InChI=1S/C19H22N2O5S/c1-13(2)21-27(23,24)16-6-4-15(5-7-16)19(22)20-12-14-3-8-17-18(11-14)26-10-9-25-17/h3-8,11,13,21H,9-10,12H2,1-2H3,(H,20,22). The van der Waals surface area contributed by atoms with Crippen molar-refractivity contribution >= 4 is 15.9 Å². The minimum Gasteiger partial charge on any atom is -0.486 e. The quantitative estimate of drug-likeness (QED) is 0.788. The topological polar surface area (TPSA) is 93.7 Å². The summed E-state index contributed by atoms with van der Waals surface area (Å²) in [6.07, 6.45) is 0. The van der Waals surface area contributed by atoms with Crippen molar-refractivity contribution in [3.05, 3.63) is 53.6 Å². The fourth-order valence-electron chi connectivity index (χ4n) is 2.65. The van der Waals surface area contributed by atoms with Gasteiger partial charge in [0.2, 0.25) is 10.0 Å². The van der Waals surface area contributed by atoms with E-state index in [1.165, 1.54) is 24.3 Å². The highest BCUT2D eigenvalue weighted by atomic mass is 32.2. The fourth-order valence-corrected chi connectivity index (χ4v) is 3.90. The largest absolute Gasteiger partial charge is 0.486 e. The van der Waals surface area contributed by atoms with Crippen LogP contribution in [0.3, 0.4) is 0 Å². The van der Waals surface area contributed by atoms with Crippen molar-refractivity contribution in [2.24, 2.45) is 0 Å². The minimum absolute atomic E-state index is 0.125. The van der Waals surface area contributed by atoms with Gasteiger partial charge in [-0.05, 0) is 55.8 Å². The summed E-state index contributed by atoms with van der Waals surface area (Å²) in [6, 6.07) is 11.1. The van der Waals surface area contributed by atoms with Gasteiger partial charge in [-0.1, -0.05) is 6.07 Å². The first-order valence-corrected chi connectivity index (χ1v) is 10.1. The monoisotopic (exact) mass is 390 g/mol. The normalized spacial score (nSPS) is 13.4. The second kappa shape index (κ2) is 7.98. The average molecular weight is 390 g/mol. The summed E-state index contributed by atoms with van der Waals surface area (Å²) in [7, 11) is -3.57. The maximum absolute atomic E-state index is 12.3. The molecular formula is C19H22N2O5S. The first-order chi connectivity index (χ1) is 12.8. The number of hydrogen-bond acceptors (Lipinski definition) is 5. The number of hydrogen-bond donors (Lipinski definition) is 2. The Morgan fingerprint density at radius 2 is 1.70 bits per heavy atom. The SMILES string of the molecule is CC(C)NS(=O)(=O)c1ccc(C(=O)NCc2ccc3c(c2)OCCO3)cc1. The number of rotatable bonds is 6. The molecule has 144 valence electrons. The maximum Gasteiger partial charge on any atom is 0.251 e. The van der Waals surface area contributed by atoms with Crippen molar-refractivity contribution in [2.45, 2.75) is 31.3 Å². The highest BCUT2D eigenvalue weighted by molar-refractivity contribution is 7.89. The van der Waals surface area contributed by atoms with Crippen LogP contribution in [0.5, 0.6) is 11.5 Å². The van der Waals surface area contributed by atoms with Gasteiger partial charge in [-0.3, -0.25) is 4.79 Å². The molecule has 0 saturated heterocycles. The van der Waals surface area contributed by atoms with E-state index in [4.69, 9.17) is 9.47 Å². The number of amides is 1. The Bertz CT molecular complexity index is 924. The molecule has 1 aliphatic rings. The third-order valence-corrected chi connectivity index (χ3v) is 5.55. The smallest absolute Gasteiger partial charge is 0.251 e. The predicted octanol–water partition coefficient (Wildman–Crippen LogP) is 2.07. The van der Waals surface area contributed by atoms with Crippen LogP contribution in [0.2, 0.25) is 0 Å². The lowest BCUT2D eigenvalue weighted by molar-refractivity contribution is 0.0950. The molecule has 27 heavy (non-hydrogen) atoms. The average Bonchev–Trinajstić information content (AvgIpc) is 2.65. The van der Waals surface area contributed by atoms with Crippen LogP contribution in [-0.4, -0.2) is 33.6 Å². The van der Waals surface area contributed by atoms with E-state index in [0.29, 0.717) is 36.8 Å². The lowest BCUT2D eigenvalue weighted by Crippen LogP contribution is -2.30. The molecule has 2 N–H and O–H groups in total. The molecule has 1 amide bonds. The van der Waals surface area contributed by atoms with Crippen molar-refractivity contribution in [1.29, 1.82) is 0 Å². The van der Waals surface area contributed by atoms with Gasteiger partial charge in [0.15, 0.2) is 11.5 Å². The molecule has 0 bridgehead atoms. The Balaban J connectivity index is 1.63. The van der Waals surface area contributed by atoms with Crippen LogP contribution in [0.15, 0.2) is 47.4 Å². The lowest BCUT2D eigenvalue weighted by atomic mass is 10.1. The molecule has 1 aliphatic heterocycles. The summed E-state index contributed by atoms with van der Waals surface area (Å²) in [5, 5.41) is 2.81. The molecule has 3 rings (SSSR count). The van der Waals surface area contributed by atoms with Gasteiger partial charge in [-0.15, -0.1) is 0 Å². The van der Waals surface area contributed by atoms with E-state index in [2.05, 4.69) is 10.0 Å². The van der Waals surface area contributed by atoms with Crippen LogP contribution >= 0.6 is 0 Å². The predicted molar refractivity (Wildman–Crippen MR) is 101 cm³/mol. The van der Waals surface area contributed by atoms with E-state index in [1.807, 2.05) is 18.2 Å². The molecule has 0 spiro atoms. The van der Waals surface area contributed by atoms with Crippen LogP contribution < -0.4 is 19.5 Å². The van der Waals surface area contributed by atoms with Gasteiger partial charge in [0.05, 0.1) is 4.90 Å². The molecule has 0 aliphatic carbocycles. The maximum atomic E-state index is 12.3. The zero-order chi connectivity index (χ0) is 19.4. The Morgan fingerprint density at radius 3 is 2.37 bits per heavy atom. The van der Waals surface area contributed by atoms with Crippen LogP contribution in [0, 0.1) is 0 Å². The van der Waals surface area contributed by atoms with Crippen molar-refractivity contribution < 1.29 is 22.7 Å². The molecule has 8 heteroatoms. The third kappa shape index (κ3) is 4.78. The van der Waals surface area contributed by atoms with Crippen LogP contribution in [0.25, 0.3) is 0 Å². The van der Waals surface area contributed by atoms with E-state index < -0.39 is 10.0 Å². The number of carbonyl (C=O) groups excluding carboxylic acids is 1. The van der Waals surface area contributed by atoms with Gasteiger partial charge in [0.25, 0.3) is 5.91 Å². The third-order valence-electron chi connectivity index (χ3n) is 3.88. The van der Waals surface area contributed by atoms with E-state index in [0.717, 1.165) is 5.56 Å². The van der Waals surface area contributed by atoms with E-state index in [-0.39, 0.29) is 16.8 Å². The van der Waals surface area contributed by atoms with Crippen molar-refractivity contribution in [1.82, 2.24) is 10.0 Å². The number of ether oxygens (including phenoxy) is 2. The Morgan fingerprint density at radius 1 is 1.04 bits per heavy atom. The van der Waals surface area contributed by atoms with Crippen molar-refractivity contribution in [3.63, 3.8) is 0 Å². The Kier molecular flexibility index (Phi) is 5.67. The van der Waals surface area contributed by atoms with Gasteiger partial charge < -0.3 is 14.8 Å². The zero-order valence-electron chi connectivity index (χ0n) is 15.2. The van der Waals surface area contributed by atoms with Crippen molar-refractivity contribution in [3.8, 4) is 11.5 Å². The highest BCUT2D eigenvalue weighted by Gasteiger charge is 2.16. The molecule has 0 aromatic heterocycles. The number of fused-ring (bicyclic) bond motifs is 1. The van der Waals surface area contributed by atoms with Crippen LogP contribution in [0.4, 0.5) is 0 Å². The molecule has 0 atom stereocenters. The van der Waals surface area contributed by atoms with E-state index >= 15 is 0 Å². The molecular weight excluding hydrogens is 368 g/mol. The van der Waals surface area contributed by atoms with E-state index in [9.17, 15) is 13.2 Å². The van der Waals surface area contributed by atoms with Gasteiger partial charge in [-0.25, -0.2) is 13.1 Å². The number of benzene rings is 2. The summed E-state index contributed by atoms with van der Waals surface area (Å²) in [5.41, 5.74) is 1.27. The van der Waals surface area contributed by atoms with Crippen LogP contribution in [-0.2, 0) is 16.6 Å². The van der Waals surface area contributed by atoms with Crippen molar-refractivity contribution in [2.75, 3.05) is 13.2 Å². The van der Waals surface area contributed by atoms with Gasteiger partial charge in [-0.2, -0.15) is 0 Å². The number of sulfonamides is 1.